The van der Waals surface area contributed by atoms with Gasteiger partial charge in [-0.2, -0.15) is 78.8 Å². The monoisotopic (exact) mass is 2160 g/mol. The molecule has 0 atom stereocenters. The van der Waals surface area contributed by atoms with Crippen molar-refractivity contribution in [3.05, 3.63) is 112 Å². The minimum atomic E-state index is -5.20. The van der Waals surface area contributed by atoms with Crippen LogP contribution in [0.25, 0.3) is 0 Å². The maximum Gasteiger partial charge on any atom is 1.00 e. The standard InChI is InChI=1S/C14H13ClF5NO3.C14H15ClF5NO2.C14H16F5NO3.C14H16F5NO2S.2CH4.2Ar.B.Cl2OS.3HI.Na.H2S.V.H/c1-5(2)4-6-7(13(23)24-3)9(12(16)17)21-10(14(18,19)20)8(6)11(15)22;1-6(2)4-7-8(5-15)11(14(18,19)20)21-10(12(16)17)9(7)13(22)23-3;1-6(2)4-7-8(5-21)11(14(17,18)19)20-10(12(15)16)9(7)13(22)23-3;1-6(2)4-7-8(5-23)11(14(17,18)19)20-10(12(15)16)9(7)13(21)22-3;;;;;;1-4(2)3;;;;;;;/h5,12H,4H2,1-3H3;6,12H,4-5H2,1-3H3;6,12,21H,4-5H2,1-3H3;6,12,23H,4-5H2,1-3H3;2*1H4;;;;;3*1H;;1H2;;/q;;;;;;;;;;;;;+1;;+3;-1/p-3. The molecular weight excluding hydrogens is 2090 g/mol. The zero-order valence-corrected chi connectivity index (χ0v) is 73.7. The van der Waals surface area contributed by atoms with Gasteiger partial charge in [-0.25, -0.2) is 78.4 Å². The Bertz CT molecular complexity index is 3270. The van der Waals surface area contributed by atoms with Crippen LogP contribution in [0.5, 0.6) is 0 Å². The van der Waals surface area contributed by atoms with Crippen LogP contribution < -0.4 is 29.6 Å². The van der Waals surface area contributed by atoms with Crippen LogP contribution in [0.4, 0.5) is 87.8 Å². The molecule has 0 aliphatic rings. The van der Waals surface area contributed by atoms with Crippen molar-refractivity contribution in [3.63, 3.8) is 0 Å². The number of nitrogens with zero attached hydrogens (tertiary/aromatic N) is 4. The summed E-state index contributed by atoms with van der Waals surface area (Å²) >= 11 is 22.1. The summed E-state index contributed by atoms with van der Waals surface area (Å²) in [6.45, 7) is 12.1. The zero-order chi connectivity index (χ0) is 79.8. The number of methoxy groups -OCH3 is 4. The Morgan fingerprint density at radius 3 is 0.852 bits per heavy atom. The number of aliphatic hydroxyl groups excluding tert-OH is 1. The molecular formula is C58H71Ar2BCl4F20I3N4NaO11S3V. The molecule has 4 rings (SSSR count). The average molecular weight is 2160 g/mol. The summed E-state index contributed by atoms with van der Waals surface area (Å²) in [6, 6.07) is 0. The molecule has 0 aliphatic heterocycles. The summed E-state index contributed by atoms with van der Waals surface area (Å²) in [4.78, 5) is 70.4. The van der Waals surface area contributed by atoms with Crippen molar-refractivity contribution < 1.29 is 251 Å². The molecule has 0 bridgehead atoms. The third-order valence-corrected chi connectivity index (χ3v) is 13.0. The van der Waals surface area contributed by atoms with Gasteiger partial charge in [-0.1, -0.05) is 70.2 Å². The molecule has 15 nitrogen and oxygen atoms in total. The van der Waals surface area contributed by atoms with Gasteiger partial charge >= 0.3 is 143 Å². The minimum absolute atomic E-state index is 0. The van der Waals surface area contributed by atoms with Gasteiger partial charge in [0.15, 0.2) is 11.4 Å². The number of carbonyl (C=O) groups is 5. The fourth-order valence-corrected chi connectivity index (χ4v) is 9.63. The van der Waals surface area contributed by atoms with E-state index in [-0.39, 0.29) is 220 Å². The molecule has 0 saturated carbocycles. The Morgan fingerprint density at radius 1 is 0.472 bits per heavy atom. The van der Waals surface area contributed by atoms with Crippen molar-refractivity contribution in [1.82, 2.24) is 19.9 Å². The number of alkyl halides is 21. The number of thiol groups is 1. The second-order valence-corrected chi connectivity index (χ2v) is 60.1. The van der Waals surface area contributed by atoms with Crippen LogP contribution in [0, 0.1) is 99.1 Å². The number of rotatable bonds is 20. The molecule has 3 radical (unpaired) electrons. The number of hydrogen-bond donors (Lipinski definition) is 2. The molecule has 50 heteroatoms. The summed E-state index contributed by atoms with van der Waals surface area (Å²) in [6.07, 6.45) is -34.2. The number of pyridine rings is 4. The van der Waals surface area contributed by atoms with Gasteiger partial charge in [0, 0.05) is 128 Å². The number of hydrogen-bond acceptors (Lipinski definition) is 16. The maximum atomic E-state index is 13.2. The molecule has 0 fully saturated rings. The van der Waals surface area contributed by atoms with Crippen LogP contribution in [-0.4, -0.2) is 95.2 Å². The molecule has 0 aromatic carbocycles. The third kappa shape index (κ3) is 41.2. The van der Waals surface area contributed by atoms with Crippen molar-refractivity contribution in [2.75, 3.05) is 28.4 Å². The summed E-state index contributed by atoms with van der Waals surface area (Å²) < 4.78 is 290. The number of carbonyl (C=O) groups excluding carboxylic acids is 5. The van der Waals surface area contributed by atoms with E-state index >= 15 is 0 Å². The van der Waals surface area contributed by atoms with Crippen molar-refractivity contribution in [2.24, 2.45) is 23.7 Å². The van der Waals surface area contributed by atoms with Gasteiger partial charge in [0.05, 0.1) is 62.9 Å². The van der Waals surface area contributed by atoms with E-state index in [1.807, 2.05) is 0 Å². The fourth-order valence-electron chi connectivity index (χ4n) is 8.80. The maximum absolute atomic E-state index is 13.2. The number of aromatic nitrogens is 4. The second-order valence-electron chi connectivity index (χ2n) is 21.3. The fraction of sp³-hybridized carbons (Fsp3) is 0.569. The zero-order valence-electron chi connectivity index (χ0n) is 57.7. The predicted molar refractivity (Wildman–Crippen MR) is 387 cm³/mol. The van der Waals surface area contributed by atoms with Gasteiger partial charge < -0.3 is 25.5 Å². The molecule has 4 aromatic rings. The minimum Gasteiger partial charge on any atom is 1.00 e. The molecule has 1 N–H and O–H groups in total. The summed E-state index contributed by atoms with van der Waals surface area (Å²) in [5.41, 5.74) is -18.2. The van der Waals surface area contributed by atoms with Gasteiger partial charge in [-0.15, -0.1) is 11.6 Å². The van der Waals surface area contributed by atoms with Crippen LogP contribution in [-0.2, 0) is 102 Å². The Kier molecular flexibility index (Phi) is 69.4. The SMILES string of the molecule is C.C.COC(=O)c1c(C(F)F)nc(C(F)(F)F)c(C(=O)Cl)c1CC(C)C.COC(=O)c1c(C(F)F)nc(C(F)(F)F)c(CCl)c1CC(C)C.COC(=O)c1c(C(F)F)nc(C(F)(F)F)c(CO)c1CC(C)C.COC(=O)c1c(C(F)F)nc(C(F)(F)F)c(CS)c1CC(C)C.O=S(Cl)Cl.S.[Ar].[Ar].[B].[H-].[I][V]([I])[I].[Na+]. The molecule has 108 heavy (non-hydrogen) atoms. The third-order valence-electron chi connectivity index (χ3n) is 12.2. The first-order chi connectivity index (χ1) is 46.0. The molecule has 0 amide bonds. The van der Waals surface area contributed by atoms with E-state index in [2.05, 4.69) is 133 Å². The van der Waals surface area contributed by atoms with E-state index in [0.29, 0.717) is 0 Å². The van der Waals surface area contributed by atoms with Crippen molar-refractivity contribution in [3.8, 4) is 0 Å². The van der Waals surface area contributed by atoms with Gasteiger partial charge in [-0.05, 0) is 88.8 Å². The predicted octanol–water partition coefficient (Wildman–Crippen LogP) is 19.0. The van der Waals surface area contributed by atoms with E-state index in [9.17, 15) is 117 Å². The smallest absolute Gasteiger partial charge is 1.00 e. The normalized spacial score (nSPS) is 11.1. The van der Waals surface area contributed by atoms with E-state index in [4.69, 9.17) is 27.4 Å². The molecule has 0 aliphatic carbocycles. The first-order valence-corrected chi connectivity index (χ1v) is 45.3. The molecule has 0 unspecified atom stereocenters. The number of ether oxygens (including phenoxy) is 4. The van der Waals surface area contributed by atoms with Gasteiger partial charge in [0.25, 0.3) is 30.9 Å². The summed E-state index contributed by atoms with van der Waals surface area (Å²) in [5.74, 6) is -6.83. The number of aliphatic hydroxyl groups is 1. The quantitative estimate of drug-likeness (QED) is 0.0123. The van der Waals surface area contributed by atoms with Crippen LogP contribution in [0.2, 0.25) is 0 Å². The van der Waals surface area contributed by atoms with Crippen LogP contribution in [0.3, 0.4) is 0 Å². The van der Waals surface area contributed by atoms with E-state index in [0.717, 1.165) is 28.4 Å². The van der Waals surface area contributed by atoms with E-state index in [1.165, 1.54) is 0 Å². The Hall–Kier alpha value is 1.08. The molecule has 4 heterocycles. The Morgan fingerprint density at radius 2 is 0.667 bits per heavy atom. The van der Waals surface area contributed by atoms with Crippen molar-refractivity contribution in [2.45, 2.75) is 165 Å². The van der Waals surface area contributed by atoms with Gasteiger partial charge in [-0.3, -0.25) is 4.79 Å². The largest absolute Gasteiger partial charge is 1.00 e. The molecule has 0 spiro atoms. The van der Waals surface area contributed by atoms with Crippen LogP contribution in [0.1, 0.15) is 234 Å². The van der Waals surface area contributed by atoms with Gasteiger partial charge in [0.2, 0.25) is 9.23 Å². The molecule has 621 valence electrons. The van der Waals surface area contributed by atoms with E-state index in [1.54, 1.807) is 55.4 Å². The van der Waals surface area contributed by atoms with Gasteiger partial charge in [0.1, 0.15) is 34.2 Å². The summed E-state index contributed by atoms with van der Waals surface area (Å²) in [5, 5.41) is 7.76. The Labute approximate surface area is 767 Å². The second kappa shape index (κ2) is 58.9. The summed E-state index contributed by atoms with van der Waals surface area (Å²) in [7, 11) is 11.1. The topological polar surface area (TPSA) is 211 Å². The van der Waals surface area contributed by atoms with Crippen molar-refractivity contribution >= 4 is 177 Å². The Balaban J connectivity index is -0.000000141. The first-order valence-electron chi connectivity index (χ1n) is 27.5. The number of esters is 4. The van der Waals surface area contributed by atoms with Crippen molar-refractivity contribution in [1.29, 1.82) is 0 Å². The van der Waals surface area contributed by atoms with Crippen LogP contribution >= 0.6 is 131 Å². The molecule has 4 aromatic heterocycles. The number of halogens is 27. The average Bonchev–Trinajstić information content (AvgIpc) is 0.783. The first kappa shape index (κ1) is 127. The van der Waals surface area contributed by atoms with Crippen LogP contribution in [0.15, 0.2) is 0 Å². The molecule has 0 saturated heterocycles. The van der Waals surface area contributed by atoms with E-state index < -0.39 is 197 Å².